The van der Waals surface area contributed by atoms with E-state index in [2.05, 4.69) is 13.8 Å². The van der Waals surface area contributed by atoms with E-state index in [0.717, 1.165) is 37.2 Å². The standard InChI is InChI=1S/C31H48N2O3/c1-5-7-9-11-13-15-23-33(24-16-14-12-10-8-6-2)36-30(34)25-28-21-22-29(32(28)4)31(35)27-19-17-26(3)18-20-27/h17-22H,5-16,23-25H2,1-4H3. The topological polar surface area (TPSA) is 51.5 Å². The molecule has 0 amide bonds. The SMILES string of the molecule is CCCCCCCCN(CCCCCCCC)OC(=O)Cc1ccc(C(=O)c2ccc(C)cc2)n1C. The minimum Gasteiger partial charge on any atom is -0.368 e. The van der Waals surface area contributed by atoms with Gasteiger partial charge < -0.3 is 9.40 Å². The van der Waals surface area contributed by atoms with Crippen molar-refractivity contribution in [2.45, 2.75) is 104 Å². The maximum absolute atomic E-state index is 12.9. The molecule has 5 heteroatoms. The summed E-state index contributed by atoms with van der Waals surface area (Å²) in [4.78, 5) is 31.6. The summed E-state index contributed by atoms with van der Waals surface area (Å²) in [5, 5.41) is 1.88. The van der Waals surface area contributed by atoms with E-state index < -0.39 is 0 Å². The zero-order valence-corrected chi connectivity index (χ0v) is 23.2. The third kappa shape index (κ3) is 10.7. The van der Waals surface area contributed by atoms with Crippen molar-refractivity contribution in [2.75, 3.05) is 13.1 Å². The minimum absolute atomic E-state index is 0.0371. The quantitative estimate of drug-likeness (QED) is 0.114. The Morgan fingerprint density at radius 3 is 1.83 bits per heavy atom. The van der Waals surface area contributed by atoms with E-state index in [1.54, 1.807) is 6.07 Å². The Bertz CT molecular complexity index is 885. The van der Waals surface area contributed by atoms with Crippen LogP contribution in [0.1, 0.15) is 118 Å². The molecule has 200 valence electrons. The Morgan fingerprint density at radius 2 is 1.28 bits per heavy atom. The highest BCUT2D eigenvalue weighted by Gasteiger charge is 2.18. The minimum atomic E-state index is -0.262. The van der Waals surface area contributed by atoms with Gasteiger partial charge in [0.2, 0.25) is 5.78 Å². The molecule has 1 aromatic carbocycles. The summed E-state index contributed by atoms with van der Waals surface area (Å²) in [5.74, 6) is -0.299. The van der Waals surface area contributed by atoms with Crippen molar-refractivity contribution in [1.82, 2.24) is 9.63 Å². The molecule has 1 aromatic heterocycles. The molecule has 5 nitrogen and oxygen atoms in total. The molecule has 0 aliphatic heterocycles. The van der Waals surface area contributed by atoms with Crippen LogP contribution in [0.3, 0.4) is 0 Å². The van der Waals surface area contributed by atoms with Gasteiger partial charge >= 0.3 is 5.97 Å². The number of aromatic nitrogens is 1. The van der Waals surface area contributed by atoms with Crippen molar-refractivity contribution < 1.29 is 14.4 Å². The Kier molecular flexibility index (Phi) is 14.2. The van der Waals surface area contributed by atoms with Crippen molar-refractivity contribution >= 4 is 11.8 Å². The van der Waals surface area contributed by atoms with Crippen LogP contribution >= 0.6 is 0 Å². The van der Waals surface area contributed by atoms with Crippen LogP contribution in [0.4, 0.5) is 0 Å². The lowest BCUT2D eigenvalue weighted by molar-refractivity contribution is -0.190. The zero-order chi connectivity index (χ0) is 26.2. The molecule has 0 fully saturated rings. The van der Waals surface area contributed by atoms with Gasteiger partial charge in [0.1, 0.15) is 0 Å². The lowest BCUT2D eigenvalue weighted by Crippen LogP contribution is -2.30. The van der Waals surface area contributed by atoms with E-state index in [1.807, 2.05) is 53.9 Å². The highest BCUT2D eigenvalue weighted by molar-refractivity contribution is 6.08. The molecule has 0 saturated heterocycles. The second kappa shape index (κ2) is 17.1. The number of carbonyl (C=O) groups is 2. The first-order valence-electron chi connectivity index (χ1n) is 14.2. The maximum Gasteiger partial charge on any atom is 0.330 e. The second-order valence-electron chi connectivity index (χ2n) is 10.1. The van der Waals surface area contributed by atoms with Crippen LogP contribution in [0.2, 0.25) is 0 Å². The molecule has 0 aliphatic rings. The van der Waals surface area contributed by atoms with Crippen molar-refractivity contribution in [2.24, 2.45) is 7.05 Å². The van der Waals surface area contributed by atoms with Gasteiger partial charge in [0.25, 0.3) is 0 Å². The van der Waals surface area contributed by atoms with E-state index >= 15 is 0 Å². The normalized spacial score (nSPS) is 11.2. The van der Waals surface area contributed by atoms with Gasteiger partial charge in [-0.25, -0.2) is 4.79 Å². The second-order valence-corrected chi connectivity index (χ2v) is 10.1. The number of hydrogen-bond donors (Lipinski definition) is 0. The number of hydroxylamine groups is 2. The summed E-state index contributed by atoms with van der Waals surface area (Å²) in [6, 6.07) is 11.2. The number of unbranched alkanes of at least 4 members (excludes halogenated alkanes) is 10. The molecule has 0 aliphatic carbocycles. The fourth-order valence-corrected chi connectivity index (χ4v) is 4.48. The first-order chi connectivity index (χ1) is 17.5. The van der Waals surface area contributed by atoms with Gasteiger partial charge in [-0.15, -0.1) is 5.06 Å². The van der Waals surface area contributed by atoms with Crippen LogP contribution in [0.5, 0.6) is 0 Å². The molecule has 0 N–H and O–H groups in total. The number of hydrogen-bond acceptors (Lipinski definition) is 4. The van der Waals surface area contributed by atoms with Crippen molar-refractivity contribution in [3.8, 4) is 0 Å². The van der Waals surface area contributed by atoms with Gasteiger partial charge in [0, 0.05) is 31.4 Å². The Labute approximate surface area is 219 Å². The Balaban J connectivity index is 1.90. The molecule has 0 spiro atoms. The fraction of sp³-hybridized carbons (Fsp3) is 0.613. The van der Waals surface area contributed by atoms with Crippen molar-refractivity contribution in [3.63, 3.8) is 0 Å². The highest BCUT2D eigenvalue weighted by Crippen LogP contribution is 2.16. The van der Waals surface area contributed by atoms with E-state index in [9.17, 15) is 9.59 Å². The molecule has 1 heterocycles. The maximum atomic E-state index is 12.9. The Hall–Kier alpha value is -2.40. The van der Waals surface area contributed by atoms with Gasteiger partial charge in [-0.1, -0.05) is 108 Å². The first kappa shape index (κ1) is 29.8. The predicted molar refractivity (Wildman–Crippen MR) is 148 cm³/mol. The fourth-order valence-electron chi connectivity index (χ4n) is 4.48. The molecule has 2 aromatic rings. The van der Waals surface area contributed by atoms with E-state index in [4.69, 9.17) is 4.84 Å². The van der Waals surface area contributed by atoms with Crippen LogP contribution in [-0.2, 0) is 23.1 Å². The molecular weight excluding hydrogens is 448 g/mol. The monoisotopic (exact) mass is 496 g/mol. The summed E-state index contributed by atoms with van der Waals surface area (Å²) in [5.41, 5.74) is 3.14. The summed E-state index contributed by atoms with van der Waals surface area (Å²) in [6.07, 6.45) is 14.7. The van der Waals surface area contributed by atoms with Crippen LogP contribution in [-0.4, -0.2) is 34.5 Å². The van der Waals surface area contributed by atoms with Gasteiger partial charge in [-0.05, 0) is 31.9 Å². The number of aryl methyl sites for hydroxylation is 1. The zero-order valence-electron chi connectivity index (χ0n) is 23.2. The lowest BCUT2D eigenvalue weighted by atomic mass is 10.1. The highest BCUT2D eigenvalue weighted by atomic mass is 16.7. The first-order valence-corrected chi connectivity index (χ1v) is 14.2. The number of ketones is 1. The number of rotatable bonds is 19. The van der Waals surface area contributed by atoms with Crippen LogP contribution in [0.15, 0.2) is 36.4 Å². The van der Waals surface area contributed by atoms with Gasteiger partial charge in [0.15, 0.2) is 0 Å². The molecule has 0 unspecified atom stereocenters. The molecule has 0 atom stereocenters. The molecule has 0 bridgehead atoms. The van der Waals surface area contributed by atoms with Gasteiger partial charge in [-0.2, -0.15) is 0 Å². The van der Waals surface area contributed by atoms with Crippen molar-refractivity contribution in [1.29, 1.82) is 0 Å². The number of nitrogens with zero attached hydrogens (tertiary/aromatic N) is 2. The van der Waals surface area contributed by atoms with Crippen molar-refractivity contribution in [3.05, 3.63) is 58.9 Å². The van der Waals surface area contributed by atoms with E-state index in [1.165, 1.54) is 64.2 Å². The van der Waals surface area contributed by atoms with E-state index in [0.29, 0.717) is 11.3 Å². The van der Waals surface area contributed by atoms with E-state index in [-0.39, 0.29) is 18.2 Å². The summed E-state index contributed by atoms with van der Waals surface area (Å²) in [7, 11) is 1.84. The summed E-state index contributed by atoms with van der Waals surface area (Å²) < 4.78 is 1.81. The number of benzene rings is 1. The van der Waals surface area contributed by atoms with Gasteiger partial charge in [0.05, 0.1) is 12.1 Å². The van der Waals surface area contributed by atoms with Gasteiger partial charge in [-0.3, -0.25) is 4.79 Å². The smallest absolute Gasteiger partial charge is 0.330 e. The summed E-state index contributed by atoms with van der Waals surface area (Å²) >= 11 is 0. The molecular formula is C31H48N2O3. The summed E-state index contributed by atoms with van der Waals surface area (Å²) in [6.45, 7) is 8.04. The molecule has 0 radical (unpaired) electrons. The lowest BCUT2D eigenvalue weighted by Gasteiger charge is -2.21. The largest absolute Gasteiger partial charge is 0.368 e. The third-order valence-electron chi connectivity index (χ3n) is 6.85. The molecule has 2 rings (SSSR count). The molecule has 36 heavy (non-hydrogen) atoms. The van der Waals surface area contributed by atoms with Crippen LogP contribution in [0, 0.1) is 6.92 Å². The molecule has 0 saturated carbocycles. The Morgan fingerprint density at radius 1 is 0.750 bits per heavy atom. The average molecular weight is 497 g/mol. The average Bonchev–Trinajstić information content (AvgIpc) is 3.22. The third-order valence-corrected chi connectivity index (χ3v) is 6.85. The predicted octanol–water partition coefficient (Wildman–Crippen LogP) is 7.59. The van der Waals surface area contributed by atoms with Crippen LogP contribution < -0.4 is 0 Å². The van der Waals surface area contributed by atoms with Crippen LogP contribution in [0.25, 0.3) is 0 Å². The number of carbonyl (C=O) groups excluding carboxylic acids is 2.